The number of aromatic nitrogens is 1. The van der Waals surface area contributed by atoms with Gasteiger partial charge in [0.2, 0.25) is 0 Å². The van der Waals surface area contributed by atoms with Gasteiger partial charge in [0.1, 0.15) is 11.6 Å². The minimum Gasteiger partial charge on any atom is -0.452 e. The molecule has 0 bridgehead atoms. The van der Waals surface area contributed by atoms with Crippen molar-refractivity contribution in [1.29, 1.82) is 0 Å². The van der Waals surface area contributed by atoms with Gasteiger partial charge in [0, 0.05) is 24.5 Å². The molecule has 1 heterocycles. The Morgan fingerprint density at radius 2 is 1.83 bits per heavy atom. The van der Waals surface area contributed by atoms with Gasteiger partial charge in [-0.1, -0.05) is 12.1 Å². The van der Waals surface area contributed by atoms with Crippen LogP contribution in [0.3, 0.4) is 0 Å². The van der Waals surface area contributed by atoms with Crippen molar-refractivity contribution in [2.24, 2.45) is 0 Å². The third-order valence-corrected chi connectivity index (χ3v) is 4.51. The zero-order valence-electron chi connectivity index (χ0n) is 16.1. The zero-order chi connectivity index (χ0) is 21.0. The predicted molar refractivity (Wildman–Crippen MR) is 104 cm³/mol. The van der Waals surface area contributed by atoms with E-state index in [9.17, 15) is 18.4 Å². The number of benzene rings is 2. The Morgan fingerprint density at radius 3 is 2.55 bits per heavy atom. The number of esters is 1. The minimum absolute atomic E-state index is 0.213. The van der Waals surface area contributed by atoms with Crippen LogP contribution in [0.1, 0.15) is 28.5 Å². The van der Waals surface area contributed by atoms with E-state index < -0.39 is 24.3 Å². The van der Waals surface area contributed by atoms with E-state index in [0.717, 1.165) is 0 Å². The van der Waals surface area contributed by atoms with Gasteiger partial charge in [0.15, 0.2) is 6.61 Å². The summed E-state index contributed by atoms with van der Waals surface area (Å²) in [6.45, 7) is 3.56. The van der Waals surface area contributed by atoms with E-state index in [1.807, 2.05) is 0 Å². The van der Waals surface area contributed by atoms with Gasteiger partial charge in [0.05, 0.1) is 16.8 Å². The molecule has 3 rings (SSSR count). The molecule has 5 nitrogen and oxygen atoms in total. The Balaban J connectivity index is 1.67. The highest BCUT2D eigenvalue weighted by Gasteiger charge is 2.18. The zero-order valence-corrected chi connectivity index (χ0v) is 16.1. The molecule has 1 amide bonds. The number of halogens is 2. The van der Waals surface area contributed by atoms with Crippen LogP contribution in [0, 0.1) is 18.6 Å². The highest BCUT2D eigenvalue weighted by atomic mass is 19.1. The fourth-order valence-corrected chi connectivity index (χ4v) is 2.97. The Bertz CT molecular complexity index is 1070. The summed E-state index contributed by atoms with van der Waals surface area (Å²) in [5.41, 5.74) is 1.67. The lowest BCUT2D eigenvalue weighted by molar-refractivity contribution is -0.134. The molecule has 2 aromatic carbocycles. The number of pyridine rings is 1. The number of nitrogens with zero attached hydrogens (tertiary/aromatic N) is 2. The highest BCUT2D eigenvalue weighted by Crippen LogP contribution is 2.18. The van der Waals surface area contributed by atoms with Crippen molar-refractivity contribution < 1.29 is 23.1 Å². The van der Waals surface area contributed by atoms with E-state index in [2.05, 4.69) is 4.98 Å². The van der Waals surface area contributed by atoms with Gasteiger partial charge in [-0.3, -0.25) is 9.78 Å². The molecule has 3 aromatic rings. The molecule has 0 aliphatic rings. The van der Waals surface area contributed by atoms with Crippen molar-refractivity contribution in [3.63, 3.8) is 0 Å². The number of carbonyl (C=O) groups excluding carboxylic acids is 2. The molecule has 0 N–H and O–H groups in total. The van der Waals surface area contributed by atoms with Gasteiger partial charge in [-0.15, -0.1) is 0 Å². The van der Waals surface area contributed by atoms with Crippen LogP contribution in [0.25, 0.3) is 10.9 Å². The maximum absolute atomic E-state index is 13.3. The molecule has 29 heavy (non-hydrogen) atoms. The first kappa shape index (κ1) is 20.4. The standard InChI is InChI=1S/C22H20F2N2O3/c1-3-26(12-15-5-4-6-17(23)9-15)21(27)13-29-22(28)19-10-16-7-8-18(24)11-20(16)25-14(19)2/h4-11H,3,12-13H2,1-2H3. The summed E-state index contributed by atoms with van der Waals surface area (Å²) >= 11 is 0. The molecular formula is C22H20F2N2O3. The molecule has 0 atom stereocenters. The Morgan fingerprint density at radius 1 is 1.07 bits per heavy atom. The topological polar surface area (TPSA) is 59.5 Å². The first-order chi connectivity index (χ1) is 13.9. The smallest absolute Gasteiger partial charge is 0.340 e. The van der Waals surface area contributed by atoms with E-state index in [-0.39, 0.29) is 17.9 Å². The summed E-state index contributed by atoms with van der Waals surface area (Å²) in [6.07, 6.45) is 0. The van der Waals surface area contributed by atoms with Crippen molar-refractivity contribution in [1.82, 2.24) is 9.88 Å². The van der Waals surface area contributed by atoms with Gasteiger partial charge in [-0.2, -0.15) is 0 Å². The van der Waals surface area contributed by atoms with E-state index >= 15 is 0 Å². The van der Waals surface area contributed by atoms with Gasteiger partial charge in [-0.25, -0.2) is 13.6 Å². The van der Waals surface area contributed by atoms with E-state index in [0.29, 0.717) is 28.7 Å². The van der Waals surface area contributed by atoms with E-state index in [1.54, 1.807) is 32.0 Å². The largest absolute Gasteiger partial charge is 0.452 e. The number of amides is 1. The molecular weight excluding hydrogens is 378 g/mol. The Hall–Kier alpha value is -3.35. The van der Waals surface area contributed by atoms with Crippen LogP contribution in [0.5, 0.6) is 0 Å². The second-order valence-corrected chi connectivity index (χ2v) is 6.57. The maximum Gasteiger partial charge on any atom is 0.340 e. The SMILES string of the molecule is CCN(Cc1cccc(F)c1)C(=O)COC(=O)c1cc2ccc(F)cc2nc1C. The molecule has 0 aliphatic heterocycles. The summed E-state index contributed by atoms with van der Waals surface area (Å²) in [5.74, 6) is -1.87. The molecule has 0 unspecified atom stereocenters. The van der Waals surface area contributed by atoms with Crippen LogP contribution in [0.15, 0.2) is 48.5 Å². The van der Waals surface area contributed by atoms with Gasteiger partial charge < -0.3 is 9.64 Å². The van der Waals surface area contributed by atoms with Crippen LogP contribution in [-0.4, -0.2) is 34.9 Å². The first-order valence-electron chi connectivity index (χ1n) is 9.13. The number of hydrogen-bond acceptors (Lipinski definition) is 4. The lowest BCUT2D eigenvalue weighted by Gasteiger charge is -2.21. The lowest BCUT2D eigenvalue weighted by Crippen LogP contribution is -2.34. The van der Waals surface area contributed by atoms with E-state index in [4.69, 9.17) is 4.74 Å². The summed E-state index contributed by atoms with van der Waals surface area (Å²) in [7, 11) is 0. The number of aryl methyl sites for hydroxylation is 1. The number of carbonyl (C=O) groups is 2. The number of fused-ring (bicyclic) bond motifs is 1. The first-order valence-corrected chi connectivity index (χ1v) is 9.13. The van der Waals surface area contributed by atoms with Crippen molar-refractivity contribution in [3.8, 4) is 0 Å². The predicted octanol–water partition coefficient (Wildman–Crippen LogP) is 4.03. The van der Waals surface area contributed by atoms with Gasteiger partial charge in [0.25, 0.3) is 5.91 Å². The molecule has 0 saturated carbocycles. The van der Waals surface area contributed by atoms with Crippen molar-refractivity contribution >= 4 is 22.8 Å². The van der Waals surface area contributed by atoms with Gasteiger partial charge in [-0.05, 0) is 49.7 Å². The number of ether oxygens (including phenoxy) is 1. The second kappa shape index (κ2) is 8.77. The minimum atomic E-state index is -0.684. The fraction of sp³-hybridized carbons (Fsp3) is 0.227. The average molecular weight is 398 g/mol. The third-order valence-electron chi connectivity index (χ3n) is 4.51. The average Bonchev–Trinajstić information content (AvgIpc) is 2.69. The summed E-state index contributed by atoms with van der Waals surface area (Å²) < 4.78 is 31.8. The molecule has 0 radical (unpaired) electrons. The van der Waals surface area contributed by atoms with Crippen molar-refractivity contribution in [2.75, 3.05) is 13.2 Å². The molecule has 0 saturated heterocycles. The monoisotopic (exact) mass is 398 g/mol. The summed E-state index contributed by atoms with van der Waals surface area (Å²) in [6, 6.07) is 11.6. The van der Waals surface area contributed by atoms with Crippen molar-refractivity contribution in [2.45, 2.75) is 20.4 Å². The molecule has 150 valence electrons. The maximum atomic E-state index is 13.3. The fourth-order valence-electron chi connectivity index (χ4n) is 2.97. The quantitative estimate of drug-likeness (QED) is 0.589. The molecule has 1 aromatic heterocycles. The molecule has 0 aliphatic carbocycles. The second-order valence-electron chi connectivity index (χ2n) is 6.57. The third kappa shape index (κ3) is 4.93. The number of rotatable bonds is 6. The van der Waals surface area contributed by atoms with Crippen LogP contribution >= 0.6 is 0 Å². The highest BCUT2D eigenvalue weighted by molar-refractivity contribution is 5.96. The number of likely N-dealkylation sites (N-methyl/N-ethyl adjacent to an activating group) is 1. The molecule has 0 fully saturated rings. The van der Waals surface area contributed by atoms with E-state index in [1.165, 1.54) is 35.2 Å². The molecule has 0 spiro atoms. The Kier molecular flexibility index (Phi) is 6.16. The van der Waals surface area contributed by atoms with Gasteiger partial charge >= 0.3 is 5.97 Å². The van der Waals surface area contributed by atoms with Crippen LogP contribution in [0.4, 0.5) is 8.78 Å². The van der Waals surface area contributed by atoms with Crippen LogP contribution in [-0.2, 0) is 16.1 Å². The van der Waals surface area contributed by atoms with Crippen LogP contribution < -0.4 is 0 Å². The summed E-state index contributed by atoms with van der Waals surface area (Å²) in [4.78, 5) is 30.6. The number of hydrogen-bond donors (Lipinski definition) is 0. The summed E-state index contributed by atoms with van der Waals surface area (Å²) in [5, 5.41) is 0.594. The lowest BCUT2D eigenvalue weighted by atomic mass is 10.1. The van der Waals surface area contributed by atoms with Crippen molar-refractivity contribution in [3.05, 3.63) is 77.0 Å². The normalized spacial score (nSPS) is 10.8. The molecule has 7 heteroatoms. The Labute approximate surface area is 166 Å². The van der Waals surface area contributed by atoms with Crippen LogP contribution in [0.2, 0.25) is 0 Å².